The Labute approximate surface area is 126 Å². The molecule has 2 aromatic rings. The molecule has 0 aliphatic rings. The summed E-state index contributed by atoms with van der Waals surface area (Å²) >= 11 is 5.94. The number of benzene rings is 1. The van der Waals surface area contributed by atoms with Gasteiger partial charge in [0.2, 0.25) is 0 Å². The summed E-state index contributed by atoms with van der Waals surface area (Å²) in [4.78, 5) is 7.19. The third-order valence-corrected chi connectivity index (χ3v) is 4.03. The topological polar surface area (TPSA) is 21.1 Å². The highest BCUT2D eigenvalue weighted by Gasteiger charge is 2.16. The monoisotopic (exact) mass is 293 g/mol. The van der Waals surface area contributed by atoms with Crippen molar-refractivity contribution in [2.75, 3.05) is 25.5 Å². The maximum atomic E-state index is 5.94. The van der Waals surface area contributed by atoms with Crippen molar-refractivity contribution in [2.45, 2.75) is 33.2 Å². The SMILES string of the molecule is CCN(CC)CC(C)n1c(CCCl)nc2ccccc21. The van der Waals surface area contributed by atoms with Gasteiger partial charge in [-0.15, -0.1) is 11.6 Å². The van der Waals surface area contributed by atoms with Crippen LogP contribution in [0.5, 0.6) is 0 Å². The zero-order valence-corrected chi connectivity index (χ0v) is 13.4. The van der Waals surface area contributed by atoms with E-state index >= 15 is 0 Å². The second-order valence-corrected chi connectivity index (χ2v) is 5.54. The van der Waals surface area contributed by atoms with Gasteiger partial charge in [-0.3, -0.25) is 0 Å². The molecule has 4 heteroatoms. The van der Waals surface area contributed by atoms with Gasteiger partial charge in [0.05, 0.1) is 11.0 Å². The summed E-state index contributed by atoms with van der Waals surface area (Å²) in [5.41, 5.74) is 2.28. The predicted molar refractivity (Wildman–Crippen MR) is 86.7 cm³/mol. The minimum Gasteiger partial charge on any atom is -0.324 e. The van der Waals surface area contributed by atoms with Gasteiger partial charge in [-0.2, -0.15) is 0 Å². The van der Waals surface area contributed by atoms with Crippen LogP contribution in [-0.4, -0.2) is 40.0 Å². The Morgan fingerprint density at radius 1 is 1.25 bits per heavy atom. The molecule has 0 spiro atoms. The molecule has 110 valence electrons. The molecule has 0 saturated heterocycles. The van der Waals surface area contributed by atoms with E-state index in [2.05, 4.69) is 48.4 Å². The first-order valence-electron chi connectivity index (χ1n) is 7.45. The number of alkyl halides is 1. The molecular formula is C16H24ClN3. The van der Waals surface area contributed by atoms with Crippen LogP contribution in [0.3, 0.4) is 0 Å². The molecule has 1 aromatic heterocycles. The number of fused-ring (bicyclic) bond motifs is 1. The van der Waals surface area contributed by atoms with Crippen molar-refractivity contribution < 1.29 is 0 Å². The first kappa shape index (κ1) is 15.3. The van der Waals surface area contributed by atoms with Gasteiger partial charge in [-0.25, -0.2) is 4.98 Å². The standard InChI is InChI=1S/C16H24ClN3/c1-4-19(5-2)12-13(3)20-15-9-7-6-8-14(15)18-16(20)10-11-17/h6-9,13H,4-5,10-12H2,1-3H3. The fourth-order valence-corrected chi connectivity index (χ4v) is 2.95. The van der Waals surface area contributed by atoms with Crippen molar-refractivity contribution in [1.29, 1.82) is 0 Å². The maximum Gasteiger partial charge on any atom is 0.111 e. The Balaban J connectivity index is 2.37. The summed E-state index contributed by atoms with van der Waals surface area (Å²) in [6, 6.07) is 8.75. The summed E-state index contributed by atoms with van der Waals surface area (Å²) in [6.45, 7) is 9.90. The number of halogens is 1. The van der Waals surface area contributed by atoms with Crippen LogP contribution < -0.4 is 0 Å². The van der Waals surface area contributed by atoms with Gasteiger partial charge in [0, 0.05) is 24.9 Å². The molecule has 1 aromatic carbocycles. The van der Waals surface area contributed by atoms with Gasteiger partial charge in [-0.1, -0.05) is 26.0 Å². The van der Waals surface area contributed by atoms with Crippen molar-refractivity contribution in [2.24, 2.45) is 0 Å². The highest BCUT2D eigenvalue weighted by atomic mass is 35.5. The molecule has 0 fully saturated rings. The van der Waals surface area contributed by atoms with Gasteiger partial charge in [0.25, 0.3) is 0 Å². The molecule has 1 heterocycles. The maximum absolute atomic E-state index is 5.94. The van der Waals surface area contributed by atoms with Crippen molar-refractivity contribution in [3.05, 3.63) is 30.1 Å². The van der Waals surface area contributed by atoms with E-state index in [0.29, 0.717) is 11.9 Å². The minimum atomic E-state index is 0.403. The van der Waals surface area contributed by atoms with Crippen LogP contribution in [0.25, 0.3) is 11.0 Å². The molecule has 2 rings (SSSR count). The molecule has 20 heavy (non-hydrogen) atoms. The molecule has 0 aliphatic carbocycles. The van der Waals surface area contributed by atoms with Crippen LogP contribution in [0.1, 0.15) is 32.6 Å². The first-order chi connectivity index (χ1) is 9.71. The first-order valence-corrected chi connectivity index (χ1v) is 7.98. The van der Waals surface area contributed by atoms with Crippen LogP contribution in [0.15, 0.2) is 24.3 Å². The third kappa shape index (κ3) is 3.15. The molecule has 0 radical (unpaired) electrons. The van der Waals surface area contributed by atoms with E-state index in [0.717, 1.165) is 37.4 Å². The lowest BCUT2D eigenvalue weighted by atomic mass is 10.2. The molecule has 0 bridgehead atoms. The minimum absolute atomic E-state index is 0.403. The third-order valence-electron chi connectivity index (χ3n) is 3.84. The summed E-state index contributed by atoms with van der Waals surface area (Å²) < 4.78 is 2.36. The van der Waals surface area contributed by atoms with Crippen molar-refractivity contribution in [3.8, 4) is 0 Å². The van der Waals surface area contributed by atoms with E-state index in [1.54, 1.807) is 0 Å². The highest BCUT2D eigenvalue weighted by Crippen LogP contribution is 2.22. The van der Waals surface area contributed by atoms with E-state index in [9.17, 15) is 0 Å². The lowest BCUT2D eigenvalue weighted by Crippen LogP contribution is -2.30. The Morgan fingerprint density at radius 3 is 2.60 bits per heavy atom. The molecular weight excluding hydrogens is 270 g/mol. The average molecular weight is 294 g/mol. The van der Waals surface area contributed by atoms with Crippen LogP contribution in [0.2, 0.25) is 0 Å². The second-order valence-electron chi connectivity index (χ2n) is 5.16. The van der Waals surface area contributed by atoms with Gasteiger partial charge in [-0.05, 0) is 32.1 Å². The number of imidazole rings is 1. The number of para-hydroxylation sites is 2. The zero-order valence-electron chi connectivity index (χ0n) is 12.6. The Kier molecular flexibility index (Phi) is 5.44. The van der Waals surface area contributed by atoms with Gasteiger partial charge < -0.3 is 9.47 Å². The van der Waals surface area contributed by atoms with Gasteiger partial charge in [0.1, 0.15) is 5.82 Å². The molecule has 1 unspecified atom stereocenters. The number of hydrogen-bond acceptors (Lipinski definition) is 2. The largest absolute Gasteiger partial charge is 0.324 e. The van der Waals surface area contributed by atoms with E-state index in [4.69, 9.17) is 16.6 Å². The zero-order chi connectivity index (χ0) is 14.5. The molecule has 0 aliphatic heterocycles. The Morgan fingerprint density at radius 2 is 1.95 bits per heavy atom. The Bertz CT molecular complexity index is 546. The Hall–Kier alpha value is -1.06. The number of likely N-dealkylation sites (N-methyl/N-ethyl adjacent to an activating group) is 1. The smallest absolute Gasteiger partial charge is 0.111 e. The fourth-order valence-electron chi connectivity index (χ4n) is 2.78. The van der Waals surface area contributed by atoms with Crippen LogP contribution in [0, 0.1) is 0 Å². The summed E-state index contributed by atoms with van der Waals surface area (Å²) in [7, 11) is 0. The van der Waals surface area contributed by atoms with Crippen LogP contribution >= 0.6 is 11.6 Å². The molecule has 0 amide bonds. The van der Waals surface area contributed by atoms with E-state index in [1.807, 2.05) is 6.07 Å². The summed E-state index contributed by atoms with van der Waals surface area (Å²) in [5.74, 6) is 1.71. The van der Waals surface area contributed by atoms with Gasteiger partial charge in [0.15, 0.2) is 0 Å². The summed E-state index contributed by atoms with van der Waals surface area (Å²) in [5, 5.41) is 0. The van der Waals surface area contributed by atoms with Crippen LogP contribution in [-0.2, 0) is 6.42 Å². The molecule has 0 N–H and O–H groups in total. The fraction of sp³-hybridized carbons (Fsp3) is 0.562. The highest BCUT2D eigenvalue weighted by molar-refractivity contribution is 6.17. The molecule has 0 saturated carbocycles. The van der Waals surface area contributed by atoms with Crippen molar-refractivity contribution in [3.63, 3.8) is 0 Å². The van der Waals surface area contributed by atoms with E-state index in [1.165, 1.54) is 5.52 Å². The van der Waals surface area contributed by atoms with E-state index < -0.39 is 0 Å². The predicted octanol–water partition coefficient (Wildman–Crippen LogP) is 3.72. The number of rotatable bonds is 7. The summed E-state index contributed by atoms with van der Waals surface area (Å²) in [6.07, 6.45) is 0.818. The number of aromatic nitrogens is 2. The second kappa shape index (κ2) is 7.09. The van der Waals surface area contributed by atoms with E-state index in [-0.39, 0.29) is 0 Å². The van der Waals surface area contributed by atoms with Gasteiger partial charge >= 0.3 is 0 Å². The number of hydrogen-bond donors (Lipinski definition) is 0. The molecule has 3 nitrogen and oxygen atoms in total. The van der Waals surface area contributed by atoms with Crippen molar-refractivity contribution >= 4 is 22.6 Å². The molecule has 1 atom stereocenters. The normalized spacial score (nSPS) is 13.2. The lowest BCUT2D eigenvalue weighted by Gasteiger charge is -2.25. The number of nitrogens with zero attached hydrogens (tertiary/aromatic N) is 3. The average Bonchev–Trinajstić information content (AvgIpc) is 2.83. The van der Waals surface area contributed by atoms with Crippen LogP contribution in [0.4, 0.5) is 0 Å². The lowest BCUT2D eigenvalue weighted by molar-refractivity contribution is 0.261. The van der Waals surface area contributed by atoms with Crippen molar-refractivity contribution in [1.82, 2.24) is 14.5 Å². The quantitative estimate of drug-likeness (QED) is 0.726. The number of aryl methyl sites for hydroxylation is 1.